The van der Waals surface area contributed by atoms with Gasteiger partial charge in [-0.15, -0.1) is 0 Å². The molecule has 2 heterocycles. The van der Waals surface area contributed by atoms with E-state index in [1.807, 2.05) is 18.2 Å². The molecule has 1 saturated heterocycles. The zero-order chi connectivity index (χ0) is 31.2. The van der Waals surface area contributed by atoms with Gasteiger partial charge in [-0.05, 0) is 86.3 Å². The Bertz CT molecular complexity index is 1670. The van der Waals surface area contributed by atoms with Crippen LogP contribution in [0.2, 0.25) is 10.0 Å². The number of anilines is 2. The van der Waals surface area contributed by atoms with E-state index in [1.54, 1.807) is 0 Å². The van der Waals surface area contributed by atoms with Crippen LogP contribution in [0.25, 0.3) is 10.9 Å². The molecule has 11 heteroatoms. The predicted octanol–water partition coefficient (Wildman–Crippen LogP) is 7.85. The molecule has 0 spiro atoms. The molecule has 3 N–H and O–H groups in total. The second-order valence-corrected chi connectivity index (χ2v) is 15.0. The lowest BCUT2D eigenvalue weighted by Gasteiger charge is -2.33. The number of nitrogens with zero attached hydrogens (tertiary/aromatic N) is 3. The van der Waals surface area contributed by atoms with Crippen molar-refractivity contribution >= 4 is 55.9 Å². The number of hydrogen-bond donors (Lipinski definition) is 3. The average molecular weight is 684 g/mol. The van der Waals surface area contributed by atoms with E-state index in [0.717, 1.165) is 81.4 Å². The minimum absolute atomic E-state index is 0. The van der Waals surface area contributed by atoms with E-state index in [9.17, 15) is 8.42 Å². The molecule has 1 saturated carbocycles. The van der Waals surface area contributed by atoms with Gasteiger partial charge in [-0.3, -0.25) is 4.90 Å². The van der Waals surface area contributed by atoms with Crippen LogP contribution in [0.4, 0.5) is 11.8 Å². The topological polar surface area (TPSA) is 99.2 Å². The fourth-order valence-corrected chi connectivity index (χ4v) is 8.25. The molecule has 0 radical (unpaired) electrons. The van der Waals surface area contributed by atoms with Crippen LogP contribution in [-0.4, -0.2) is 55.5 Å². The first-order valence-electron chi connectivity index (χ1n) is 15.8. The molecule has 6 rings (SSSR count). The number of benzene rings is 3. The second kappa shape index (κ2) is 15.8. The lowest BCUT2D eigenvalue weighted by atomic mass is 9.82. The normalized spacial score (nSPS) is 19.4. The quantitative estimate of drug-likeness (QED) is 0.148. The highest BCUT2D eigenvalue weighted by Crippen LogP contribution is 2.30. The van der Waals surface area contributed by atoms with Crippen molar-refractivity contribution in [2.24, 2.45) is 11.8 Å². The summed E-state index contributed by atoms with van der Waals surface area (Å²) < 4.78 is 28.3. The van der Waals surface area contributed by atoms with Gasteiger partial charge in [-0.1, -0.05) is 73.1 Å². The van der Waals surface area contributed by atoms with Crippen LogP contribution in [-0.2, 0) is 16.6 Å². The molecule has 3 aromatic carbocycles. The maximum absolute atomic E-state index is 12.8. The molecule has 0 unspecified atom stereocenters. The van der Waals surface area contributed by atoms with Gasteiger partial charge < -0.3 is 10.6 Å². The summed E-state index contributed by atoms with van der Waals surface area (Å²) in [5, 5.41) is 8.90. The third-order valence-corrected chi connectivity index (χ3v) is 10.8. The highest BCUT2D eigenvalue weighted by molar-refractivity contribution is 7.89. The van der Waals surface area contributed by atoms with E-state index in [0.29, 0.717) is 34.5 Å². The predicted molar refractivity (Wildman–Crippen MR) is 190 cm³/mol. The van der Waals surface area contributed by atoms with E-state index in [1.165, 1.54) is 23.8 Å². The standard InChI is InChI=1S/C34H40Cl2N6O2S.CH4/c35-27-18-28(36)20-30(19-27)45(43,44)38-22-25-12-10-24(11-13-25)21-37-34-40-32-9-5-4-8-31(32)33(41-34)39-29-14-16-42(17-15-29)23-26-6-2-1-3-7-26;/h1-9,18-20,24-25,29,38H,10-17,21-23H2,(H2,37,39,40,41);1H4. The summed E-state index contributed by atoms with van der Waals surface area (Å²) in [5.74, 6) is 2.30. The number of hydrogen-bond acceptors (Lipinski definition) is 7. The largest absolute Gasteiger partial charge is 0.367 e. The zero-order valence-corrected chi connectivity index (χ0v) is 27.6. The van der Waals surface area contributed by atoms with E-state index >= 15 is 0 Å². The Hall–Kier alpha value is -2.95. The number of fused-ring (bicyclic) bond motifs is 1. The van der Waals surface area contributed by atoms with Crippen LogP contribution in [0, 0.1) is 11.8 Å². The summed E-state index contributed by atoms with van der Waals surface area (Å²) in [6, 6.07) is 23.6. The van der Waals surface area contributed by atoms with Crippen LogP contribution >= 0.6 is 23.2 Å². The summed E-state index contributed by atoms with van der Waals surface area (Å²) >= 11 is 12.0. The van der Waals surface area contributed by atoms with E-state index < -0.39 is 10.0 Å². The molecule has 46 heavy (non-hydrogen) atoms. The Morgan fingerprint density at radius 1 is 0.783 bits per heavy atom. The molecule has 246 valence electrons. The lowest BCUT2D eigenvalue weighted by Crippen LogP contribution is -2.38. The highest BCUT2D eigenvalue weighted by Gasteiger charge is 2.25. The third-order valence-electron chi connectivity index (χ3n) is 9.00. The number of para-hydroxylation sites is 1. The SMILES string of the molecule is C.O=S(=O)(NCC1CCC(CNc2nc(NC3CCN(Cc4ccccc4)CC3)c3ccccc3n2)CC1)c1cc(Cl)cc(Cl)c1. The van der Waals surface area contributed by atoms with Crippen LogP contribution < -0.4 is 15.4 Å². The van der Waals surface area contributed by atoms with Gasteiger partial charge in [-0.25, -0.2) is 18.1 Å². The minimum atomic E-state index is -3.67. The number of halogens is 2. The van der Waals surface area contributed by atoms with E-state index in [4.69, 9.17) is 33.2 Å². The molecule has 2 fully saturated rings. The molecular weight excluding hydrogens is 639 g/mol. The Morgan fingerprint density at radius 2 is 1.41 bits per heavy atom. The van der Waals surface area contributed by atoms with Gasteiger partial charge in [0.15, 0.2) is 0 Å². The molecule has 0 bridgehead atoms. The van der Waals surface area contributed by atoms with E-state index in [-0.39, 0.29) is 18.2 Å². The van der Waals surface area contributed by atoms with Gasteiger partial charge in [-0.2, -0.15) is 4.98 Å². The van der Waals surface area contributed by atoms with Crippen molar-refractivity contribution in [3.63, 3.8) is 0 Å². The van der Waals surface area contributed by atoms with Crippen LogP contribution in [0.15, 0.2) is 77.7 Å². The summed E-state index contributed by atoms with van der Waals surface area (Å²) in [6.07, 6.45) is 6.09. The molecule has 1 aliphatic carbocycles. The molecule has 4 aromatic rings. The van der Waals surface area contributed by atoms with Crippen LogP contribution in [0.5, 0.6) is 0 Å². The first kappa shape index (κ1) is 34.4. The van der Waals surface area contributed by atoms with Crippen molar-refractivity contribution in [1.29, 1.82) is 0 Å². The van der Waals surface area contributed by atoms with Crippen molar-refractivity contribution in [1.82, 2.24) is 19.6 Å². The summed E-state index contributed by atoms with van der Waals surface area (Å²) in [4.78, 5) is 12.4. The highest BCUT2D eigenvalue weighted by atomic mass is 35.5. The number of nitrogens with one attached hydrogen (secondary N) is 3. The van der Waals surface area contributed by atoms with Gasteiger partial charge in [0.05, 0.1) is 10.4 Å². The molecule has 8 nitrogen and oxygen atoms in total. The molecule has 1 aliphatic heterocycles. The van der Waals surface area contributed by atoms with Crippen LogP contribution in [0.1, 0.15) is 51.5 Å². The second-order valence-electron chi connectivity index (χ2n) is 12.3. The van der Waals surface area contributed by atoms with Crippen molar-refractivity contribution in [3.8, 4) is 0 Å². The Morgan fingerprint density at radius 3 is 2.11 bits per heavy atom. The molecule has 1 aromatic heterocycles. The van der Waals surface area contributed by atoms with Gasteiger partial charge >= 0.3 is 0 Å². The molecular formula is C35H44Cl2N6O2S. The van der Waals surface area contributed by atoms with Crippen molar-refractivity contribution < 1.29 is 8.42 Å². The monoisotopic (exact) mass is 682 g/mol. The molecule has 0 amide bonds. The van der Waals surface area contributed by atoms with Crippen molar-refractivity contribution in [2.45, 2.75) is 63.4 Å². The Balaban J connectivity index is 0.00000417. The fraction of sp³-hybridized carbons (Fsp3) is 0.429. The smallest absolute Gasteiger partial charge is 0.240 e. The number of piperidine rings is 1. The first-order chi connectivity index (χ1) is 21.8. The first-order valence-corrected chi connectivity index (χ1v) is 18.0. The minimum Gasteiger partial charge on any atom is -0.367 e. The third kappa shape index (κ3) is 9.10. The molecule has 0 atom stereocenters. The number of sulfonamides is 1. The Kier molecular flexibility index (Phi) is 11.8. The maximum Gasteiger partial charge on any atom is 0.240 e. The maximum atomic E-state index is 12.8. The Labute approximate surface area is 283 Å². The van der Waals surface area contributed by atoms with Crippen LogP contribution in [0.3, 0.4) is 0 Å². The van der Waals surface area contributed by atoms with Gasteiger partial charge in [0.1, 0.15) is 5.82 Å². The average Bonchev–Trinajstić information content (AvgIpc) is 3.04. The van der Waals surface area contributed by atoms with E-state index in [2.05, 4.69) is 56.7 Å². The van der Waals surface area contributed by atoms with Gasteiger partial charge in [0, 0.05) is 54.2 Å². The summed E-state index contributed by atoms with van der Waals surface area (Å²) in [5.41, 5.74) is 2.29. The number of likely N-dealkylation sites (tertiary alicyclic amines) is 1. The molecule has 2 aliphatic rings. The van der Waals surface area contributed by atoms with Crippen molar-refractivity contribution in [2.75, 3.05) is 36.8 Å². The lowest BCUT2D eigenvalue weighted by molar-refractivity contribution is 0.211. The van der Waals surface area contributed by atoms with Gasteiger partial charge in [0.2, 0.25) is 16.0 Å². The summed E-state index contributed by atoms with van der Waals surface area (Å²) in [6.45, 7) is 4.29. The number of rotatable bonds is 11. The number of aromatic nitrogens is 2. The van der Waals surface area contributed by atoms with Gasteiger partial charge in [0.25, 0.3) is 0 Å². The van der Waals surface area contributed by atoms with Crippen molar-refractivity contribution in [3.05, 3.63) is 88.4 Å². The zero-order valence-electron chi connectivity index (χ0n) is 25.3. The fourth-order valence-electron chi connectivity index (χ4n) is 6.41. The summed E-state index contributed by atoms with van der Waals surface area (Å²) in [7, 11) is -3.67.